The molecule has 0 aliphatic rings. The summed E-state index contributed by atoms with van der Waals surface area (Å²) >= 11 is 0. The molecule has 4 nitrogen and oxygen atoms in total. The number of ether oxygens (including phenoxy) is 1. The van der Waals surface area contributed by atoms with Crippen molar-refractivity contribution < 1.29 is 9.53 Å². The maximum absolute atomic E-state index is 12.1. The van der Waals surface area contributed by atoms with Gasteiger partial charge in [0.25, 0.3) is 5.91 Å². The molecule has 0 saturated carbocycles. The Hall–Kier alpha value is -3.27. The number of carbonyl (C=O) groups is 1. The zero-order valence-corrected chi connectivity index (χ0v) is 14.0. The number of hydrogen-bond donors (Lipinski definition) is 2. The highest BCUT2D eigenvalue weighted by Gasteiger charge is 2.04. The van der Waals surface area contributed by atoms with E-state index in [-0.39, 0.29) is 5.91 Å². The molecule has 0 aliphatic heterocycles. The third-order valence-corrected chi connectivity index (χ3v) is 3.83. The Labute approximate surface area is 147 Å². The smallest absolute Gasteiger partial charge is 0.255 e. The number of hydrogen-bond acceptors (Lipinski definition) is 3. The average Bonchev–Trinajstić information content (AvgIpc) is 2.68. The molecule has 3 rings (SSSR count). The maximum Gasteiger partial charge on any atom is 0.255 e. The summed E-state index contributed by atoms with van der Waals surface area (Å²) in [5.41, 5.74) is 3.57. The van der Waals surface area contributed by atoms with Crippen LogP contribution >= 0.6 is 0 Å². The van der Waals surface area contributed by atoms with Crippen LogP contribution in [0.4, 0.5) is 11.4 Å². The summed E-state index contributed by atoms with van der Waals surface area (Å²) < 4.78 is 5.15. The van der Waals surface area contributed by atoms with E-state index in [1.54, 1.807) is 19.2 Å². The van der Waals surface area contributed by atoms with Crippen LogP contribution < -0.4 is 15.4 Å². The van der Waals surface area contributed by atoms with Crippen molar-refractivity contribution in [3.63, 3.8) is 0 Å². The topological polar surface area (TPSA) is 50.4 Å². The van der Waals surface area contributed by atoms with Crippen LogP contribution in [0.2, 0.25) is 0 Å². The molecule has 0 bridgehead atoms. The van der Waals surface area contributed by atoms with Gasteiger partial charge in [0.1, 0.15) is 5.75 Å². The number of anilines is 2. The monoisotopic (exact) mass is 332 g/mol. The van der Waals surface area contributed by atoms with Crippen LogP contribution in [-0.4, -0.2) is 13.0 Å². The van der Waals surface area contributed by atoms with Crippen molar-refractivity contribution in [1.82, 2.24) is 0 Å². The van der Waals surface area contributed by atoms with Crippen molar-refractivity contribution >= 4 is 17.3 Å². The van der Waals surface area contributed by atoms with E-state index >= 15 is 0 Å². The number of nitrogens with one attached hydrogen (secondary N) is 2. The van der Waals surface area contributed by atoms with Gasteiger partial charge in [-0.2, -0.15) is 0 Å². The van der Waals surface area contributed by atoms with Gasteiger partial charge in [0.15, 0.2) is 0 Å². The fourth-order valence-corrected chi connectivity index (χ4v) is 2.41. The van der Waals surface area contributed by atoms with E-state index in [4.69, 9.17) is 4.74 Å². The number of benzene rings is 3. The molecule has 1 amide bonds. The largest absolute Gasteiger partial charge is 0.497 e. The summed E-state index contributed by atoms with van der Waals surface area (Å²) in [6.45, 7) is 0.722. The predicted octanol–water partition coefficient (Wildman–Crippen LogP) is 4.56. The van der Waals surface area contributed by atoms with Crippen molar-refractivity contribution in [2.45, 2.75) is 6.54 Å². The molecule has 25 heavy (non-hydrogen) atoms. The van der Waals surface area contributed by atoms with Crippen LogP contribution in [0.5, 0.6) is 5.75 Å². The first-order valence-corrected chi connectivity index (χ1v) is 8.08. The Morgan fingerprint density at radius 2 is 1.48 bits per heavy atom. The second-order valence-electron chi connectivity index (χ2n) is 5.60. The van der Waals surface area contributed by atoms with E-state index in [1.807, 2.05) is 66.7 Å². The number of rotatable bonds is 6. The molecule has 2 N–H and O–H groups in total. The number of amides is 1. The Morgan fingerprint density at radius 3 is 2.12 bits per heavy atom. The highest BCUT2D eigenvalue weighted by molar-refractivity contribution is 6.04. The van der Waals surface area contributed by atoms with Gasteiger partial charge in [-0.3, -0.25) is 4.79 Å². The van der Waals surface area contributed by atoms with Crippen molar-refractivity contribution in [2.75, 3.05) is 17.7 Å². The fourth-order valence-electron chi connectivity index (χ4n) is 2.41. The normalized spacial score (nSPS) is 10.1. The van der Waals surface area contributed by atoms with Gasteiger partial charge in [0, 0.05) is 23.5 Å². The van der Waals surface area contributed by atoms with Crippen LogP contribution in [0.3, 0.4) is 0 Å². The fraction of sp³-hybridized carbons (Fsp3) is 0.0952. The van der Waals surface area contributed by atoms with Crippen molar-refractivity contribution in [3.8, 4) is 5.75 Å². The second kappa shape index (κ2) is 8.02. The number of carbonyl (C=O) groups excluding carboxylic acids is 1. The quantitative estimate of drug-likeness (QED) is 0.696. The minimum atomic E-state index is -0.112. The average molecular weight is 332 g/mol. The molecular weight excluding hydrogens is 312 g/mol. The Kier molecular flexibility index (Phi) is 5.32. The Morgan fingerprint density at radius 1 is 0.840 bits per heavy atom. The summed E-state index contributed by atoms with van der Waals surface area (Å²) in [7, 11) is 1.66. The lowest BCUT2D eigenvalue weighted by molar-refractivity contribution is 0.102. The number of methoxy groups -OCH3 is 1. The molecule has 3 aromatic rings. The first-order valence-electron chi connectivity index (χ1n) is 8.08. The molecule has 0 aliphatic carbocycles. The second-order valence-corrected chi connectivity index (χ2v) is 5.60. The standard InChI is InChI=1S/C21H20N2O2/c1-25-20-13-7-16(8-14-20)15-22-18-9-11-19(12-10-18)23-21(24)17-5-3-2-4-6-17/h2-14,22H,15H2,1H3,(H,23,24). The van der Waals surface area contributed by atoms with Gasteiger partial charge in [0.05, 0.1) is 7.11 Å². The zero-order chi connectivity index (χ0) is 17.5. The van der Waals surface area contributed by atoms with Gasteiger partial charge in [-0.1, -0.05) is 30.3 Å². The van der Waals surface area contributed by atoms with Crippen molar-refractivity contribution in [2.24, 2.45) is 0 Å². The molecule has 0 unspecified atom stereocenters. The molecule has 0 atom stereocenters. The van der Waals surface area contributed by atoms with E-state index in [0.29, 0.717) is 5.56 Å². The molecule has 0 aromatic heterocycles. The Bertz CT molecular complexity index is 813. The van der Waals surface area contributed by atoms with Gasteiger partial charge < -0.3 is 15.4 Å². The van der Waals surface area contributed by atoms with Crippen LogP contribution in [0.1, 0.15) is 15.9 Å². The molecule has 4 heteroatoms. The van der Waals surface area contributed by atoms with Gasteiger partial charge >= 0.3 is 0 Å². The minimum Gasteiger partial charge on any atom is -0.497 e. The SMILES string of the molecule is COc1ccc(CNc2ccc(NC(=O)c3ccccc3)cc2)cc1. The van der Waals surface area contributed by atoms with E-state index in [9.17, 15) is 4.79 Å². The van der Waals surface area contributed by atoms with Crippen LogP contribution in [0, 0.1) is 0 Å². The third kappa shape index (κ3) is 4.61. The lowest BCUT2D eigenvalue weighted by Crippen LogP contribution is -2.11. The maximum atomic E-state index is 12.1. The molecule has 0 radical (unpaired) electrons. The lowest BCUT2D eigenvalue weighted by atomic mass is 10.2. The van der Waals surface area contributed by atoms with Crippen molar-refractivity contribution in [3.05, 3.63) is 90.0 Å². The highest BCUT2D eigenvalue weighted by Crippen LogP contribution is 2.17. The molecule has 0 heterocycles. The summed E-state index contributed by atoms with van der Waals surface area (Å²) in [5, 5.41) is 6.25. The molecule has 0 fully saturated rings. The van der Waals surface area contributed by atoms with Gasteiger partial charge in [-0.15, -0.1) is 0 Å². The van der Waals surface area contributed by atoms with E-state index in [0.717, 1.165) is 23.7 Å². The summed E-state index contributed by atoms with van der Waals surface area (Å²) in [4.78, 5) is 12.1. The van der Waals surface area contributed by atoms with Gasteiger partial charge in [-0.25, -0.2) is 0 Å². The predicted molar refractivity (Wildman–Crippen MR) is 101 cm³/mol. The molecule has 0 spiro atoms. The van der Waals surface area contributed by atoms with Gasteiger partial charge in [0.2, 0.25) is 0 Å². The lowest BCUT2D eigenvalue weighted by Gasteiger charge is -2.09. The van der Waals surface area contributed by atoms with Crippen molar-refractivity contribution in [1.29, 1.82) is 0 Å². The van der Waals surface area contributed by atoms with Crippen LogP contribution in [-0.2, 0) is 6.54 Å². The molecular formula is C21H20N2O2. The molecule has 3 aromatic carbocycles. The first kappa shape index (κ1) is 16.6. The van der Waals surface area contributed by atoms with Crippen LogP contribution in [0.15, 0.2) is 78.9 Å². The van der Waals surface area contributed by atoms with E-state index in [2.05, 4.69) is 10.6 Å². The third-order valence-electron chi connectivity index (χ3n) is 3.83. The summed E-state index contributed by atoms with van der Waals surface area (Å²) in [6.07, 6.45) is 0. The minimum absolute atomic E-state index is 0.112. The van der Waals surface area contributed by atoms with Crippen LogP contribution in [0.25, 0.3) is 0 Å². The molecule has 0 saturated heterocycles. The Balaban J connectivity index is 1.55. The highest BCUT2D eigenvalue weighted by atomic mass is 16.5. The zero-order valence-electron chi connectivity index (χ0n) is 14.0. The molecule has 126 valence electrons. The summed E-state index contributed by atoms with van der Waals surface area (Å²) in [6, 6.07) is 24.8. The van der Waals surface area contributed by atoms with E-state index < -0.39 is 0 Å². The summed E-state index contributed by atoms with van der Waals surface area (Å²) in [5.74, 6) is 0.738. The van der Waals surface area contributed by atoms with E-state index in [1.165, 1.54) is 5.56 Å². The first-order chi connectivity index (χ1) is 12.2. The van der Waals surface area contributed by atoms with Gasteiger partial charge in [-0.05, 0) is 54.1 Å².